The first kappa shape index (κ1) is 14.1. The van der Waals surface area contributed by atoms with Crippen molar-refractivity contribution >= 4 is 5.78 Å². The molecule has 0 atom stereocenters. The van der Waals surface area contributed by atoms with Crippen LogP contribution in [-0.4, -0.2) is 18.9 Å². The number of carbonyl (C=O) groups excluding carboxylic acids is 1. The summed E-state index contributed by atoms with van der Waals surface area (Å²) in [6.07, 6.45) is -2.03. The van der Waals surface area contributed by atoms with E-state index < -0.39 is 11.7 Å². The van der Waals surface area contributed by atoms with Crippen LogP contribution < -0.4 is 5.32 Å². The van der Waals surface area contributed by atoms with Crippen LogP contribution in [0.4, 0.5) is 13.2 Å². The van der Waals surface area contributed by atoms with Gasteiger partial charge in [-0.15, -0.1) is 0 Å². The summed E-state index contributed by atoms with van der Waals surface area (Å²) < 4.78 is 37.2. The van der Waals surface area contributed by atoms with E-state index in [-0.39, 0.29) is 5.78 Å². The molecule has 2 rings (SSSR count). The largest absolute Gasteiger partial charge is 0.416 e. The molecule has 0 bridgehead atoms. The second kappa shape index (κ2) is 5.74. The third kappa shape index (κ3) is 3.80. The van der Waals surface area contributed by atoms with Crippen LogP contribution in [0.5, 0.6) is 0 Å². The van der Waals surface area contributed by atoms with Gasteiger partial charge in [0.15, 0.2) is 5.78 Å². The summed E-state index contributed by atoms with van der Waals surface area (Å²) in [5.41, 5.74) is -0.350. The minimum Gasteiger partial charge on any atom is -0.317 e. The SMILES string of the molecule is O=C(CC1CCNCC1)c1ccc(C(F)(F)F)cc1. The van der Waals surface area contributed by atoms with E-state index in [1.165, 1.54) is 12.1 Å². The fraction of sp³-hybridized carbons (Fsp3) is 0.500. The number of nitrogens with one attached hydrogen (secondary N) is 1. The Morgan fingerprint density at radius 2 is 1.74 bits per heavy atom. The molecule has 0 spiro atoms. The smallest absolute Gasteiger partial charge is 0.317 e. The molecule has 1 fully saturated rings. The molecule has 0 unspecified atom stereocenters. The lowest BCUT2D eigenvalue weighted by Gasteiger charge is -2.21. The van der Waals surface area contributed by atoms with Crippen molar-refractivity contribution in [3.8, 4) is 0 Å². The van der Waals surface area contributed by atoms with Gasteiger partial charge in [0.25, 0.3) is 0 Å². The molecule has 5 heteroatoms. The van der Waals surface area contributed by atoms with Crippen LogP contribution in [0.1, 0.15) is 35.2 Å². The van der Waals surface area contributed by atoms with Gasteiger partial charge in [-0.3, -0.25) is 4.79 Å². The molecule has 1 aromatic rings. The Bertz CT molecular complexity index is 433. The quantitative estimate of drug-likeness (QED) is 0.855. The number of benzene rings is 1. The van der Waals surface area contributed by atoms with Gasteiger partial charge in [0.1, 0.15) is 0 Å². The molecular formula is C14H16F3NO. The van der Waals surface area contributed by atoms with E-state index in [1.54, 1.807) is 0 Å². The van der Waals surface area contributed by atoms with Crippen molar-refractivity contribution in [1.29, 1.82) is 0 Å². The van der Waals surface area contributed by atoms with Crippen LogP contribution in [-0.2, 0) is 6.18 Å². The van der Waals surface area contributed by atoms with Gasteiger partial charge in [0, 0.05) is 12.0 Å². The highest BCUT2D eigenvalue weighted by atomic mass is 19.4. The number of piperidine rings is 1. The maximum Gasteiger partial charge on any atom is 0.416 e. The van der Waals surface area contributed by atoms with Crippen molar-refractivity contribution in [3.05, 3.63) is 35.4 Å². The van der Waals surface area contributed by atoms with E-state index in [9.17, 15) is 18.0 Å². The number of hydrogen-bond donors (Lipinski definition) is 1. The Labute approximate surface area is 110 Å². The predicted octanol–water partition coefficient (Wildman–Crippen LogP) is 3.28. The Hall–Kier alpha value is -1.36. The number of alkyl halides is 3. The highest BCUT2D eigenvalue weighted by Gasteiger charge is 2.30. The fourth-order valence-electron chi connectivity index (χ4n) is 2.31. The third-order valence-corrected chi connectivity index (χ3v) is 3.47. The van der Waals surface area contributed by atoms with Gasteiger partial charge in [-0.05, 0) is 44.0 Å². The number of halogens is 3. The zero-order valence-corrected chi connectivity index (χ0v) is 10.5. The van der Waals surface area contributed by atoms with Gasteiger partial charge in [0.05, 0.1) is 5.56 Å². The Kier molecular flexibility index (Phi) is 4.24. The normalized spacial score (nSPS) is 17.4. The van der Waals surface area contributed by atoms with Crippen LogP contribution in [0.2, 0.25) is 0 Å². The number of carbonyl (C=O) groups is 1. The number of ketones is 1. The summed E-state index contributed by atoms with van der Waals surface area (Å²) >= 11 is 0. The molecule has 1 N–H and O–H groups in total. The summed E-state index contributed by atoms with van der Waals surface area (Å²) in [6, 6.07) is 4.48. The van der Waals surface area contributed by atoms with E-state index in [2.05, 4.69) is 5.32 Å². The number of rotatable bonds is 3. The predicted molar refractivity (Wildman–Crippen MR) is 66.0 cm³/mol. The van der Waals surface area contributed by atoms with Gasteiger partial charge in [-0.1, -0.05) is 12.1 Å². The summed E-state index contributed by atoms with van der Waals surface area (Å²) in [5, 5.41) is 3.22. The van der Waals surface area contributed by atoms with Gasteiger partial charge < -0.3 is 5.32 Å². The van der Waals surface area contributed by atoms with Gasteiger partial charge in [-0.25, -0.2) is 0 Å². The van der Waals surface area contributed by atoms with Crippen molar-refractivity contribution in [3.63, 3.8) is 0 Å². The lowest BCUT2D eigenvalue weighted by atomic mass is 9.90. The minimum absolute atomic E-state index is 0.0689. The van der Waals surface area contributed by atoms with E-state index >= 15 is 0 Å². The van der Waals surface area contributed by atoms with Crippen LogP contribution in [0.15, 0.2) is 24.3 Å². The van der Waals surface area contributed by atoms with E-state index in [0.717, 1.165) is 38.1 Å². The monoisotopic (exact) mass is 271 g/mol. The second-order valence-electron chi connectivity index (χ2n) is 4.90. The molecule has 1 heterocycles. The molecule has 1 aromatic carbocycles. The molecule has 1 aliphatic heterocycles. The van der Waals surface area contributed by atoms with Crippen LogP contribution in [0.3, 0.4) is 0 Å². The zero-order valence-electron chi connectivity index (χ0n) is 10.5. The molecule has 1 aliphatic rings. The lowest BCUT2D eigenvalue weighted by Crippen LogP contribution is -2.28. The molecule has 1 saturated heterocycles. The molecule has 0 amide bonds. The minimum atomic E-state index is -4.35. The Balaban J connectivity index is 1.99. The highest BCUT2D eigenvalue weighted by molar-refractivity contribution is 5.96. The van der Waals surface area contributed by atoms with Crippen molar-refractivity contribution in [2.45, 2.75) is 25.4 Å². The lowest BCUT2D eigenvalue weighted by molar-refractivity contribution is -0.137. The van der Waals surface area contributed by atoms with Crippen LogP contribution in [0, 0.1) is 5.92 Å². The topological polar surface area (TPSA) is 29.1 Å². The molecule has 0 saturated carbocycles. The first-order chi connectivity index (χ1) is 8.97. The molecule has 2 nitrogen and oxygen atoms in total. The average Bonchev–Trinajstić information content (AvgIpc) is 2.39. The number of Topliss-reactive ketones (excluding diaryl/α,β-unsaturated/α-hetero) is 1. The maximum absolute atomic E-state index is 12.4. The summed E-state index contributed by atoms with van der Waals surface area (Å²) in [5.74, 6) is 0.275. The first-order valence-corrected chi connectivity index (χ1v) is 6.38. The standard InChI is InChI=1S/C14H16F3NO/c15-14(16,17)12-3-1-11(2-4-12)13(19)9-10-5-7-18-8-6-10/h1-4,10,18H,5-9H2. The molecule has 19 heavy (non-hydrogen) atoms. The molecule has 0 aromatic heterocycles. The third-order valence-electron chi connectivity index (χ3n) is 3.47. The summed E-state index contributed by atoms with van der Waals surface area (Å²) in [6.45, 7) is 1.82. The van der Waals surface area contributed by atoms with Gasteiger partial charge in [0.2, 0.25) is 0 Å². The number of hydrogen-bond acceptors (Lipinski definition) is 2. The van der Waals surface area contributed by atoms with Crippen LogP contribution >= 0.6 is 0 Å². The molecular weight excluding hydrogens is 255 g/mol. The average molecular weight is 271 g/mol. The van der Waals surface area contributed by atoms with Crippen molar-refractivity contribution in [1.82, 2.24) is 5.32 Å². The second-order valence-corrected chi connectivity index (χ2v) is 4.90. The maximum atomic E-state index is 12.4. The Morgan fingerprint density at radius 3 is 2.26 bits per heavy atom. The summed E-state index contributed by atoms with van der Waals surface area (Å²) in [4.78, 5) is 12.0. The van der Waals surface area contributed by atoms with Gasteiger partial charge >= 0.3 is 6.18 Å². The van der Waals surface area contributed by atoms with Gasteiger partial charge in [-0.2, -0.15) is 13.2 Å². The fourth-order valence-corrected chi connectivity index (χ4v) is 2.31. The van der Waals surface area contributed by atoms with Crippen LogP contribution in [0.25, 0.3) is 0 Å². The summed E-state index contributed by atoms with van der Waals surface area (Å²) in [7, 11) is 0. The van der Waals surface area contributed by atoms with Crippen molar-refractivity contribution in [2.24, 2.45) is 5.92 Å². The molecule has 0 radical (unpaired) electrons. The Morgan fingerprint density at radius 1 is 1.16 bits per heavy atom. The highest BCUT2D eigenvalue weighted by Crippen LogP contribution is 2.29. The van der Waals surface area contributed by atoms with E-state index in [1.807, 2.05) is 0 Å². The van der Waals surface area contributed by atoms with E-state index in [4.69, 9.17) is 0 Å². The molecule has 104 valence electrons. The van der Waals surface area contributed by atoms with E-state index in [0.29, 0.717) is 17.9 Å². The zero-order chi connectivity index (χ0) is 13.9. The van der Waals surface area contributed by atoms with Crippen molar-refractivity contribution in [2.75, 3.05) is 13.1 Å². The van der Waals surface area contributed by atoms with Crippen molar-refractivity contribution < 1.29 is 18.0 Å². The molecule has 0 aliphatic carbocycles. The first-order valence-electron chi connectivity index (χ1n) is 6.38.